The Balaban J connectivity index is 1.36. The van der Waals surface area contributed by atoms with Crippen LogP contribution in [0.1, 0.15) is 12.5 Å². The molecule has 1 aliphatic heterocycles. The third-order valence-electron chi connectivity index (χ3n) is 3.96. The molecule has 27 heavy (non-hydrogen) atoms. The number of benzene rings is 1. The molecule has 4 rings (SSSR count). The highest BCUT2D eigenvalue weighted by Crippen LogP contribution is 2.32. The van der Waals surface area contributed by atoms with Gasteiger partial charge in [0.2, 0.25) is 23.7 Å². The molecule has 0 spiro atoms. The second-order valence-corrected chi connectivity index (χ2v) is 7.13. The second-order valence-electron chi connectivity index (χ2n) is 5.82. The zero-order valence-electron chi connectivity index (χ0n) is 14.4. The number of thioether (sulfide) groups is 1. The van der Waals surface area contributed by atoms with E-state index >= 15 is 0 Å². The first-order valence-electron chi connectivity index (χ1n) is 8.19. The number of aromatic nitrogens is 3. The van der Waals surface area contributed by atoms with E-state index < -0.39 is 5.25 Å². The van der Waals surface area contributed by atoms with Crippen molar-refractivity contribution in [3.8, 4) is 23.1 Å². The van der Waals surface area contributed by atoms with Gasteiger partial charge in [-0.3, -0.25) is 4.79 Å². The molecule has 0 saturated carbocycles. The van der Waals surface area contributed by atoms with E-state index in [1.54, 1.807) is 19.1 Å². The third kappa shape index (κ3) is 3.56. The van der Waals surface area contributed by atoms with Crippen molar-refractivity contribution in [1.82, 2.24) is 20.2 Å². The highest BCUT2D eigenvalue weighted by Gasteiger charge is 2.21. The fraction of sp³-hybridized carbons (Fsp3) is 0.235. The molecule has 1 atom stereocenters. The summed E-state index contributed by atoms with van der Waals surface area (Å²) >= 11 is 1.22. The van der Waals surface area contributed by atoms with Crippen molar-refractivity contribution < 1.29 is 18.7 Å². The number of hydrogen-bond acceptors (Lipinski definition) is 8. The molecule has 0 radical (unpaired) electrons. The average Bonchev–Trinajstić information content (AvgIpc) is 3.41. The number of nitrogens with two attached hydrogens (primary N) is 1. The van der Waals surface area contributed by atoms with Crippen LogP contribution in [0.3, 0.4) is 0 Å². The van der Waals surface area contributed by atoms with E-state index in [9.17, 15) is 4.79 Å². The van der Waals surface area contributed by atoms with Crippen molar-refractivity contribution in [3.63, 3.8) is 0 Å². The van der Waals surface area contributed by atoms with Gasteiger partial charge in [0, 0.05) is 6.54 Å². The maximum atomic E-state index is 12.4. The van der Waals surface area contributed by atoms with Crippen LogP contribution in [0.5, 0.6) is 11.5 Å². The third-order valence-corrected chi connectivity index (χ3v) is 5.02. The Morgan fingerprint density at radius 1 is 1.33 bits per heavy atom. The number of fused-ring (bicyclic) bond motifs is 1. The summed E-state index contributed by atoms with van der Waals surface area (Å²) < 4.78 is 17.2. The zero-order valence-corrected chi connectivity index (χ0v) is 15.2. The van der Waals surface area contributed by atoms with Crippen LogP contribution >= 0.6 is 11.8 Å². The number of amides is 1. The summed E-state index contributed by atoms with van der Waals surface area (Å²) in [4.78, 5) is 12.4. The molecule has 1 aromatic carbocycles. The minimum Gasteiger partial charge on any atom is -0.461 e. The molecule has 140 valence electrons. The summed E-state index contributed by atoms with van der Waals surface area (Å²) in [7, 11) is 0. The van der Waals surface area contributed by atoms with Crippen LogP contribution in [0.2, 0.25) is 0 Å². The highest BCUT2D eigenvalue weighted by molar-refractivity contribution is 8.00. The number of nitrogen functional groups attached to an aromatic ring is 1. The fourth-order valence-electron chi connectivity index (χ4n) is 2.53. The summed E-state index contributed by atoms with van der Waals surface area (Å²) in [5.41, 5.74) is 0.923. The molecule has 1 amide bonds. The van der Waals surface area contributed by atoms with Gasteiger partial charge in [-0.1, -0.05) is 17.8 Å². The predicted octanol–water partition coefficient (Wildman–Crippen LogP) is 1.78. The number of rotatable bonds is 6. The minimum absolute atomic E-state index is 0.139. The van der Waals surface area contributed by atoms with Gasteiger partial charge < -0.3 is 25.1 Å². The van der Waals surface area contributed by atoms with Gasteiger partial charge in [-0.15, -0.1) is 10.2 Å². The Morgan fingerprint density at radius 2 is 2.19 bits per heavy atom. The van der Waals surface area contributed by atoms with Crippen molar-refractivity contribution in [2.75, 3.05) is 12.6 Å². The fourth-order valence-corrected chi connectivity index (χ4v) is 3.32. The summed E-state index contributed by atoms with van der Waals surface area (Å²) in [5.74, 6) is 8.18. The van der Waals surface area contributed by atoms with Crippen LogP contribution in [0, 0.1) is 0 Å². The van der Waals surface area contributed by atoms with Crippen LogP contribution < -0.4 is 20.6 Å². The number of carbonyl (C=O) groups excluding carboxylic acids is 1. The van der Waals surface area contributed by atoms with Crippen molar-refractivity contribution in [2.24, 2.45) is 0 Å². The van der Waals surface area contributed by atoms with Gasteiger partial charge in [0.05, 0.1) is 11.5 Å². The maximum absolute atomic E-state index is 12.4. The quantitative estimate of drug-likeness (QED) is 0.485. The lowest BCUT2D eigenvalue weighted by Gasteiger charge is -2.11. The first-order valence-corrected chi connectivity index (χ1v) is 9.07. The topological polar surface area (TPSA) is 117 Å². The Bertz CT molecular complexity index is 956. The highest BCUT2D eigenvalue weighted by atomic mass is 32.2. The van der Waals surface area contributed by atoms with Crippen molar-refractivity contribution in [1.29, 1.82) is 0 Å². The summed E-state index contributed by atoms with van der Waals surface area (Å²) in [6.45, 7) is 2.38. The maximum Gasteiger partial charge on any atom is 0.233 e. The average molecular weight is 387 g/mol. The molecule has 3 heterocycles. The molecule has 1 unspecified atom stereocenters. The standard InChI is InChI=1S/C17H17N5O4S/c1-10(27-17-21-20-15(22(17)18)13-3-2-6-24-13)16(23)19-8-11-4-5-12-14(7-11)26-9-25-12/h2-7,10H,8-9,18H2,1H3,(H,19,23). The molecule has 2 aromatic heterocycles. The Labute approximate surface area is 158 Å². The number of nitrogens with one attached hydrogen (secondary N) is 1. The lowest BCUT2D eigenvalue weighted by atomic mass is 10.2. The molecular formula is C17H17N5O4S. The van der Waals surface area contributed by atoms with E-state index in [0.29, 0.717) is 34.8 Å². The largest absolute Gasteiger partial charge is 0.461 e. The molecule has 0 fully saturated rings. The molecule has 3 aromatic rings. The Hall–Kier alpha value is -3.14. The van der Waals surface area contributed by atoms with Crippen LogP contribution in [-0.4, -0.2) is 32.8 Å². The van der Waals surface area contributed by atoms with E-state index in [1.807, 2.05) is 18.2 Å². The summed E-state index contributed by atoms with van der Waals surface area (Å²) in [5, 5.41) is 11.0. The number of carbonyl (C=O) groups is 1. The summed E-state index contributed by atoms with van der Waals surface area (Å²) in [6, 6.07) is 9.05. The van der Waals surface area contributed by atoms with Crippen LogP contribution in [-0.2, 0) is 11.3 Å². The van der Waals surface area contributed by atoms with E-state index in [1.165, 1.54) is 22.7 Å². The molecule has 1 aliphatic rings. The monoisotopic (exact) mass is 387 g/mol. The van der Waals surface area contributed by atoms with Crippen molar-refractivity contribution >= 4 is 17.7 Å². The van der Waals surface area contributed by atoms with Crippen LogP contribution in [0.15, 0.2) is 46.2 Å². The van der Waals surface area contributed by atoms with Crippen LogP contribution in [0.25, 0.3) is 11.6 Å². The number of furan rings is 1. The van der Waals surface area contributed by atoms with Gasteiger partial charge in [0.25, 0.3) is 0 Å². The molecule has 3 N–H and O–H groups in total. The van der Waals surface area contributed by atoms with Gasteiger partial charge in [-0.05, 0) is 36.8 Å². The molecule has 10 heteroatoms. The Morgan fingerprint density at radius 3 is 3.00 bits per heavy atom. The molecular weight excluding hydrogens is 370 g/mol. The predicted molar refractivity (Wildman–Crippen MR) is 97.6 cm³/mol. The van der Waals surface area contributed by atoms with Gasteiger partial charge in [0.1, 0.15) is 0 Å². The number of nitrogens with zero attached hydrogens (tertiary/aromatic N) is 3. The molecule has 0 bridgehead atoms. The van der Waals surface area contributed by atoms with E-state index in [-0.39, 0.29) is 12.7 Å². The molecule has 9 nitrogen and oxygen atoms in total. The van der Waals surface area contributed by atoms with Crippen molar-refractivity contribution in [2.45, 2.75) is 23.9 Å². The van der Waals surface area contributed by atoms with Gasteiger partial charge in [0.15, 0.2) is 17.3 Å². The second kappa shape index (κ2) is 7.23. The number of hydrogen-bond donors (Lipinski definition) is 2. The zero-order chi connectivity index (χ0) is 18.8. The smallest absolute Gasteiger partial charge is 0.233 e. The molecule has 0 aliphatic carbocycles. The lowest BCUT2D eigenvalue weighted by molar-refractivity contribution is -0.120. The number of ether oxygens (including phenoxy) is 2. The van der Waals surface area contributed by atoms with Gasteiger partial charge in [-0.2, -0.15) is 0 Å². The SMILES string of the molecule is CC(Sc1nnc(-c2ccco2)n1N)C(=O)NCc1ccc2c(c1)OCO2. The van der Waals surface area contributed by atoms with Crippen LogP contribution in [0.4, 0.5) is 0 Å². The van der Waals surface area contributed by atoms with Crippen molar-refractivity contribution in [3.05, 3.63) is 42.2 Å². The first-order chi connectivity index (χ1) is 13.1. The summed E-state index contributed by atoms with van der Waals surface area (Å²) in [6.07, 6.45) is 1.53. The normalized spacial score (nSPS) is 13.5. The van der Waals surface area contributed by atoms with E-state index in [2.05, 4.69) is 15.5 Å². The van der Waals surface area contributed by atoms with E-state index in [4.69, 9.17) is 19.7 Å². The first kappa shape index (κ1) is 17.3. The van der Waals surface area contributed by atoms with E-state index in [0.717, 1.165) is 5.56 Å². The molecule has 0 saturated heterocycles. The van der Waals surface area contributed by atoms with Gasteiger partial charge >= 0.3 is 0 Å². The Kier molecular flexibility index (Phi) is 4.63. The van der Waals surface area contributed by atoms with Gasteiger partial charge in [-0.25, -0.2) is 4.68 Å². The lowest BCUT2D eigenvalue weighted by Crippen LogP contribution is -2.30. The minimum atomic E-state index is -0.407.